The molecule has 96 valence electrons. The van der Waals surface area contributed by atoms with Gasteiger partial charge < -0.3 is 4.74 Å². The quantitative estimate of drug-likeness (QED) is 0.805. The fourth-order valence-corrected chi connectivity index (χ4v) is 2.20. The normalized spacial score (nSPS) is 24.8. The van der Waals surface area contributed by atoms with Gasteiger partial charge in [-0.3, -0.25) is 4.90 Å². The Bertz CT molecular complexity index is 469. The number of hydrogen-bond donors (Lipinski definition) is 0. The fourth-order valence-electron chi connectivity index (χ4n) is 2.20. The molecular weight excluding hydrogens is 231 g/mol. The van der Waals surface area contributed by atoms with Gasteiger partial charge in [0.25, 0.3) is 0 Å². The molecule has 1 aliphatic rings. The molecule has 1 aromatic rings. The van der Waals surface area contributed by atoms with Gasteiger partial charge in [-0.2, -0.15) is 5.26 Å². The highest BCUT2D eigenvalue weighted by molar-refractivity contribution is 5.34. The minimum Gasteiger partial charge on any atom is -0.376 e. The maximum absolute atomic E-state index is 14.0. The summed E-state index contributed by atoms with van der Waals surface area (Å²) < 4.78 is 19.5. The van der Waals surface area contributed by atoms with Crippen molar-refractivity contribution in [1.82, 2.24) is 4.90 Å². The Labute approximate surface area is 107 Å². The lowest BCUT2D eigenvalue weighted by atomic mass is 10.1. The van der Waals surface area contributed by atoms with Crippen molar-refractivity contribution >= 4 is 0 Å². The summed E-state index contributed by atoms with van der Waals surface area (Å²) in [5, 5.41) is 8.82. The molecular formula is C14H17FN2O. The Balaban J connectivity index is 2.16. The maximum atomic E-state index is 14.0. The number of benzene rings is 1. The molecule has 2 rings (SSSR count). The molecule has 0 saturated carbocycles. The second-order valence-corrected chi connectivity index (χ2v) is 4.81. The molecule has 3 nitrogen and oxygen atoms in total. The van der Waals surface area contributed by atoms with Gasteiger partial charge in [-0.15, -0.1) is 0 Å². The molecule has 1 saturated heterocycles. The summed E-state index contributed by atoms with van der Waals surface area (Å²) in [6.07, 6.45) is 0.170. The zero-order valence-corrected chi connectivity index (χ0v) is 10.7. The SMILES string of the molecule is CC1CN(Cc2cccc(C#N)c2F)C(C)CO1. The van der Waals surface area contributed by atoms with Crippen LogP contribution in [-0.2, 0) is 11.3 Å². The molecule has 2 unspecified atom stereocenters. The number of nitriles is 1. The number of halogens is 1. The topological polar surface area (TPSA) is 36.3 Å². The van der Waals surface area contributed by atoms with Gasteiger partial charge >= 0.3 is 0 Å². The highest BCUT2D eigenvalue weighted by Crippen LogP contribution is 2.18. The van der Waals surface area contributed by atoms with Crippen molar-refractivity contribution in [2.75, 3.05) is 13.2 Å². The predicted molar refractivity (Wildman–Crippen MR) is 66.4 cm³/mol. The molecule has 1 aliphatic heterocycles. The van der Waals surface area contributed by atoms with Crippen LogP contribution in [0.1, 0.15) is 25.0 Å². The molecule has 2 atom stereocenters. The summed E-state index contributed by atoms with van der Waals surface area (Å²) in [5.41, 5.74) is 0.691. The van der Waals surface area contributed by atoms with Gasteiger partial charge in [0.05, 0.1) is 18.3 Å². The Kier molecular flexibility index (Phi) is 3.95. The Morgan fingerprint density at radius 2 is 2.28 bits per heavy atom. The van der Waals surface area contributed by atoms with E-state index in [1.807, 2.05) is 13.0 Å². The van der Waals surface area contributed by atoms with Crippen LogP contribution in [0.5, 0.6) is 0 Å². The van der Waals surface area contributed by atoms with Gasteiger partial charge in [-0.05, 0) is 19.9 Å². The number of morpholine rings is 1. The van der Waals surface area contributed by atoms with Crippen LogP contribution in [0.4, 0.5) is 4.39 Å². The van der Waals surface area contributed by atoms with Crippen molar-refractivity contribution < 1.29 is 9.13 Å². The van der Waals surface area contributed by atoms with Crippen molar-refractivity contribution in [3.63, 3.8) is 0 Å². The van der Waals surface area contributed by atoms with Crippen LogP contribution in [0.3, 0.4) is 0 Å². The third-order valence-corrected chi connectivity index (χ3v) is 3.31. The van der Waals surface area contributed by atoms with Crippen molar-refractivity contribution in [2.24, 2.45) is 0 Å². The highest BCUT2D eigenvalue weighted by Gasteiger charge is 2.24. The molecule has 0 N–H and O–H groups in total. The van der Waals surface area contributed by atoms with Gasteiger partial charge in [0.15, 0.2) is 0 Å². The minimum atomic E-state index is -0.397. The van der Waals surface area contributed by atoms with Gasteiger partial charge in [0.1, 0.15) is 11.9 Å². The minimum absolute atomic E-state index is 0.112. The Morgan fingerprint density at radius 1 is 1.50 bits per heavy atom. The van der Waals surface area contributed by atoms with E-state index in [1.165, 1.54) is 6.07 Å². The fraction of sp³-hybridized carbons (Fsp3) is 0.500. The molecule has 1 fully saturated rings. The van der Waals surface area contributed by atoms with E-state index < -0.39 is 5.82 Å². The molecule has 4 heteroatoms. The largest absolute Gasteiger partial charge is 0.376 e. The molecule has 0 amide bonds. The average molecular weight is 248 g/mol. The first kappa shape index (κ1) is 13.0. The summed E-state index contributed by atoms with van der Waals surface area (Å²) in [4.78, 5) is 2.19. The number of hydrogen-bond acceptors (Lipinski definition) is 3. The summed E-state index contributed by atoms with van der Waals surface area (Å²) in [5.74, 6) is -0.397. The molecule has 0 aromatic heterocycles. The van der Waals surface area contributed by atoms with Crippen molar-refractivity contribution in [3.8, 4) is 6.07 Å². The second kappa shape index (κ2) is 5.47. The summed E-state index contributed by atoms with van der Waals surface area (Å²) in [6, 6.07) is 7.12. The number of nitrogens with zero attached hydrogens (tertiary/aromatic N) is 2. The maximum Gasteiger partial charge on any atom is 0.145 e. The van der Waals surface area contributed by atoms with Gasteiger partial charge in [0, 0.05) is 24.7 Å². The Morgan fingerprint density at radius 3 is 3.00 bits per heavy atom. The third kappa shape index (κ3) is 2.69. The smallest absolute Gasteiger partial charge is 0.145 e. The van der Waals surface area contributed by atoms with Gasteiger partial charge in [0.2, 0.25) is 0 Å². The molecule has 0 radical (unpaired) electrons. The van der Waals surface area contributed by atoms with E-state index in [1.54, 1.807) is 12.1 Å². The zero-order chi connectivity index (χ0) is 13.1. The van der Waals surface area contributed by atoms with E-state index in [-0.39, 0.29) is 17.7 Å². The van der Waals surface area contributed by atoms with E-state index in [2.05, 4.69) is 11.8 Å². The second-order valence-electron chi connectivity index (χ2n) is 4.81. The standard InChI is InChI=1S/C14H17FN2O/c1-10-9-18-11(2)7-17(10)8-13-5-3-4-12(6-16)14(13)15/h3-5,10-11H,7-9H2,1-2H3. The predicted octanol–water partition coefficient (Wildman–Crippen LogP) is 2.31. The molecule has 0 aliphatic carbocycles. The van der Waals surface area contributed by atoms with Crippen LogP contribution in [0.15, 0.2) is 18.2 Å². The van der Waals surface area contributed by atoms with Crippen molar-refractivity contribution in [1.29, 1.82) is 5.26 Å². The van der Waals surface area contributed by atoms with Crippen LogP contribution in [0.2, 0.25) is 0 Å². The first-order valence-electron chi connectivity index (χ1n) is 6.15. The lowest BCUT2D eigenvalue weighted by molar-refractivity contribution is -0.0529. The molecule has 1 aromatic carbocycles. The summed E-state index contributed by atoms with van der Waals surface area (Å²) in [7, 11) is 0. The van der Waals surface area contributed by atoms with Crippen LogP contribution in [0.25, 0.3) is 0 Å². The van der Waals surface area contributed by atoms with Crippen LogP contribution < -0.4 is 0 Å². The first-order chi connectivity index (χ1) is 8.61. The highest BCUT2D eigenvalue weighted by atomic mass is 19.1. The van der Waals surface area contributed by atoms with E-state index in [0.29, 0.717) is 18.7 Å². The Hall–Kier alpha value is -1.44. The van der Waals surface area contributed by atoms with Crippen LogP contribution in [0, 0.1) is 17.1 Å². The van der Waals surface area contributed by atoms with E-state index in [9.17, 15) is 4.39 Å². The monoisotopic (exact) mass is 248 g/mol. The third-order valence-electron chi connectivity index (χ3n) is 3.31. The summed E-state index contributed by atoms with van der Waals surface area (Å²) in [6.45, 7) is 6.06. The number of rotatable bonds is 2. The van der Waals surface area contributed by atoms with E-state index >= 15 is 0 Å². The lowest BCUT2D eigenvalue weighted by Gasteiger charge is -2.36. The zero-order valence-electron chi connectivity index (χ0n) is 10.7. The van der Waals surface area contributed by atoms with Crippen LogP contribution >= 0.6 is 0 Å². The van der Waals surface area contributed by atoms with E-state index in [4.69, 9.17) is 10.00 Å². The van der Waals surface area contributed by atoms with Crippen molar-refractivity contribution in [3.05, 3.63) is 35.1 Å². The van der Waals surface area contributed by atoms with Gasteiger partial charge in [-0.1, -0.05) is 12.1 Å². The van der Waals surface area contributed by atoms with Crippen molar-refractivity contribution in [2.45, 2.75) is 32.5 Å². The molecule has 18 heavy (non-hydrogen) atoms. The van der Waals surface area contributed by atoms with Gasteiger partial charge in [-0.25, -0.2) is 4.39 Å². The van der Waals surface area contributed by atoms with Crippen LogP contribution in [-0.4, -0.2) is 30.2 Å². The van der Waals surface area contributed by atoms with E-state index in [0.717, 1.165) is 6.54 Å². The average Bonchev–Trinajstić information content (AvgIpc) is 2.36. The summed E-state index contributed by atoms with van der Waals surface area (Å²) >= 11 is 0. The lowest BCUT2D eigenvalue weighted by Crippen LogP contribution is -2.46. The molecule has 1 heterocycles. The first-order valence-corrected chi connectivity index (χ1v) is 6.15. The molecule has 0 spiro atoms. The molecule has 0 bridgehead atoms. The number of ether oxygens (including phenoxy) is 1.